The lowest BCUT2D eigenvalue weighted by Crippen LogP contribution is -2.45. The molecule has 1 atom stereocenters. The van der Waals surface area contributed by atoms with Crippen LogP contribution in [0.5, 0.6) is 0 Å². The van der Waals surface area contributed by atoms with Gasteiger partial charge in [-0.3, -0.25) is 14.6 Å². The SMILES string of the molecule is CCCCC(=NC1CCCN(C(=O)C(CC)CC)C1)N(C=O)CC. The number of piperidine rings is 1. The van der Waals surface area contributed by atoms with Gasteiger partial charge in [-0.15, -0.1) is 0 Å². The molecule has 1 fully saturated rings. The topological polar surface area (TPSA) is 53.0 Å². The van der Waals surface area contributed by atoms with Crippen LogP contribution in [0.15, 0.2) is 4.99 Å². The van der Waals surface area contributed by atoms with E-state index in [9.17, 15) is 9.59 Å². The van der Waals surface area contributed by atoms with Crippen molar-refractivity contribution in [2.24, 2.45) is 10.9 Å². The van der Waals surface area contributed by atoms with Gasteiger partial charge in [-0.2, -0.15) is 0 Å². The Morgan fingerprint density at radius 2 is 2.00 bits per heavy atom. The molecular weight excluding hydrogens is 302 g/mol. The second kappa shape index (κ2) is 11.2. The van der Waals surface area contributed by atoms with E-state index in [-0.39, 0.29) is 17.9 Å². The first-order valence-corrected chi connectivity index (χ1v) is 9.68. The third-order valence-corrected chi connectivity index (χ3v) is 4.93. The molecular formula is C19H35N3O2. The maximum Gasteiger partial charge on any atom is 0.225 e. The zero-order chi connectivity index (χ0) is 17.9. The highest BCUT2D eigenvalue weighted by Crippen LogP contribution is 2.19. The number of carbonyl (C=O) groups is 2. The first-order chi connectivity index (χ1) is 11.6. The Morgan fingerprint density at radius 1 is 1.29 bits per heavy atom. The molecule has 24 heavy (non-hydrogen) atoms. The fraction of sp³-hybridized carbons (Fsp3) is 0.842. The van der Waals surface area contributed by atoms with Crippen molar-refractivity contribution in [1.82, 2.24) is 9.80 Å². The largest absolute Gasteiger partial charge is 0.340 e. The summed E-state index contributed by atoms with van der Waals surface area (Å²) in [4.78, 5) is 32.5. The molecule has 0 N–H and O–H groups in total. The van der Waals surface area contributed by atoms with Crippen LogP contribution >= 0.6 is 0 Å². The Labute approximate surface area is 147 Å². The number of amides is 2. The molecule has 1 aliphatic heterocycles. The number of rotatable bonds is 9. The quantitative estimate of drug-likeness (QED) is 0.367. The average Bonchev–Trinajstić information content (AvgIpc) is 2.61. The summed E-state index contributed by atoms with van der Waals surface area (Å²) >= 11 is 0. The van der Waals surface area contributed by atoms with Gasteiger partial charge in [0, 0.05) is 32.0 Å². The van der Waals surface area contributed by atoms with Crippen LogP contribution in [-0.2, 0) is 9.59 Å². The minimum absolute atomic E-state index is 0.123. The fourth-order valence-corrected chi connectivity index (χ4v) is 3.30. The van der Waals surface area contributed by atoms with E-state index in [0.717, 1.165) is 63.7 Å². The molecule has 0 aromatic heterocycles. The van der Waals surface area contributed by atoms with E-state index in [1.54, 1.807) is 4.90 Å². The highest BCUT2D eigenvalue weighted by molar-refractivity contribution is 5.90. The smallest absolute Gasteiger partial charge is 0.225 e. The van der Waals surface area contributed by atoms with Crippen LogP contribution in [0.4, 0.5) is 0 Å². The van der Waals surface area contributed by atoms with Crippen molar-refractivity contribution < 1.29 is 9.59 Å². The van der Waals surface area contributed by atoms with Crippen LogP contribution in [0.2, 0.25) is 0 Å². The van der Waals surface area contributed by atoms with Gasteiger partial charge in [-0.05, 0) is 39.0 Å². The lowest BCUT2D eigenvalue weighted by Gasteiger charge is -2.34. The standard InChI is InChI=1S/C19H35N3O2/c1-5-9-12-18(21(8-4)15-23)20-17-11-10-13-22(14-17)19(24)16(6-2)7-3/h15-17H,5-14H2,1-4H3. The van der Waals surface area contributed by atoms with Crippen LogP contribution in [-0.4, -0.2) is 53.6 Å². The van der Waals surface area contributed by atoms with E-state index >= 15 is 0 Å². The summed E-state index contributed by atoms with van der Waals surface area (Å²) in [5.41, 5.74) is 0. The van der Waals surface area contributed by atoms with Crippen molar-refractivity contribution in [1.29, 1.82) is 0 Å². The van der Waals surface area contributed by atoms with Gasteiger partial charge in [0.25, 0.3) is 0 Å². The van der Waals surface area contributed by atoms with Gasteiger partial charge in [0.15, 0.2) is 0 Å². The Morgan fingerprint density at radius 3 is 2.54 bits per heavy atom. The van der Waals surface area contributed by atoms with Crippen molar-refractivity contribution in [3.8, 4) is 0 Å². The average molecular weight is 338 g/mol. The van der Waals surface area contributed by atoms with Gasteiger partial charge in [-0.1, -0.05) is 27.2 Å². The first-order valence-electron chi connectivity index (χ1n) is 9.68. The number of unbranched alkanes of at least 4 members (excludes halogenated alkanes) is 1. The summed E-state index contributed by atoms with van der Waals surface area (Å²) in [6.07, 6.45) is 7.62. The summed E-state index contributed by atoms with van der Waals surface area (Å²) in [6, 6.07) is 0.123. The molecule has 5 heteroatoms. The van der Waals surface area contributed by atoms with Crippen molar-refractivity contribution in [2.75, 3.05) is 19.6 Å². The van der Waals surface area contributed by atoms with Crippen molar-refractivity contribution >= 4 is 18.2 Å². The Hall–Kier alpha value is -1.39. The first kappa shape index (κ1) is 20.7. The van der Waals surface area contributed by atoms with E-state index in [0.29, 0.717) is 13.1 Å². The molecule has 138 valence electrons. The van der Waals surface area contributed by atoms with E-state index in [4.69, 9.17) is 4.99 Å². The van der Waals surface area contributed by atoms with E-state index in [1.807, 2.05) is 11.8 Å². The fourth-order valence-electron chi connectivity index (χ4n) is 3.30. The summed E-state index contributed by atoms with van der Waals surface area (Å²) in [5, 5.41) is 0. The van der Waals surface area contributed by atoms with Gasteiger partial charge in [0.05, 0.1) is 6.04 Å². The highest BCUT2D eigenvalue weighted by atomic mass is 16.2. The van der Waals surface area contributed by atoms with Crippen LogP contribution in [0, 0.1) is 5.92 Å². The number of hydrogen-bond acceptors (Lipinski definition) is 3. The van der Waals surface area contributed by atoms with Gasteiger partial charge in [0.2, 0.25) is 12.3 Å². The zero-order valence-corrected chi connectivity index (χ0v) is 16.0. The Kier molecular flexibility index (Phi) is 9.65. The van der Waals surface area contributed by atoms with Gasteiger partial charge < -0.3 is 9.80 Å². The van der Waals surface area contributed by atoms with Crippen molar-refractivity contribution in [2.45, 2.75) is 78.7 Å². The minimum Gasteiger partial charge on any atom is -0.340 e. The summed E-state index contributed by atoms with van der Waals surface area (Å²) in [5.74, 6) is 1.29. The lowest BCUT2D eigenvalue weighted by molar-refractivity contribution is -0.137. The maximum atomic E-state index is 12.6. The van der Waals surface area contributed by atoms with Crippen LogP contribution < -0.4 is 0 Å². The van der Waals surface area contributed by atoms with E-state index in [1.165, 1.54) is 0 Å². The highest BCUT2D eigenvalue weighted by Gasteiger charge is 2.27. The normalized spacial score (nSPS) is 18.8. The van der Waals surface area contributed by atoms with Crippen LogP contribution in [0.3, 0.4) is 0 Å². The number of amidine groups is 1. The number of hydrogen-bond donors (Lipinski definition) is 0. The zero-order valence-electron chi connectivity index (χ0n) is 16.0. The molecule has 0 aromatic rings. The predicted octanol–water partition coefficient (Wildman–Crippen LogP) is 3.48. The van der Waals surface area contributed by atoms with Crippen LogP contribution in [0.1, 0.15) is 72.6 Å². The summed E-state index contributed by atoms with van der Waals surface area (Å²) < 4.78 is 0. The number of aliphatic imine (C=N–C) groups is 1. The molecule has 0 radical (unpaired) electrons. The molecule has 1 rings (SSSR count). The molecule has 0 saturated carbocycles. The Balaban J connectivity index is 2.82. The molecule has 0 aromatic carbocycles. The summed E-state index contributed by atoms with van der Waals surface area (Å²) in [7, 11) is 0. The minimum atomic E-state index is 0.123. The number of likely N-dealkylation sites (tertiary alicyclic amines) is 1. The lowest BCUT2D eigenvalue weighted by atomic mass is 9.99. The third kappa shape index (κ3) is 5.91. The molecule has 0 bridgehead atoms. The van der Waals surface area contributed by atoms with Gasteiger partial charge in [-0.25, -0.2) is 0 Å². The second-order valence-electron chi connectivity index (χ2n) is 6.63. The molecule has 1 aliphatic rings. The molecule has 2 amide bonds. The van der Waals surface area contributed by atoms with Crippen molar-refractivity contribution in [3.63, 3.8) is 0 Å². The number of carbonyl (C=O) groups excluding carboxylic acids is 2. The number of nitrogens with zero attached hydrogens (tertiary/aromatic N) is 3. The molecule has 1 unspecified atom stereocenters. The monoisotopic (exact) mass is 337 g/mol. The van der Waals surface area contributed by atoms with Crippen LogP contribution in [0.25, 0.3) is 0 Å². The Bertz CT molecular complexity index is 419. The molecule has 5 nitrogen and oxygen atoms in total. The predicted molar refractivity (Wildman–Crippen MR) is 99.1 cm³/mol. The molecule has 1 saturated heterocycles. The van der Waals surface area contributed by atoms with Crippen molar-refractivity contribution in [3.05, 3.63) is 0 Å². The van der Waals surface area contributed by atoms with Gasteiger partial charge >= 0.3 is 0 Å². The summed E-state index contributed by atoms with van der Waals surface area (Å²) in [6.45, 7) is 10.5. The van der Waals surface area contributed by atoms with E-state index in [2.05, 4.69) is 20.8 Å². The molecule has 0 aliphatic carbocycles. The molecule has 0 spiro atoms. The second-order valence-corrected chi connectivity index (χ2v) is 6.63. The van der Waals surface area contributed by atoms with E-state index < -0.39 is 0 Å². The van der Waals surface area contributed by atoms with Gasteiger partial charge in [0.1, 0.15) is 5.84 Å². The maximum absolute atomic E-state index is 12.6. The molecule has 1 heterocycles. The third-order valence-electron chi connectivity index (χ3n) is 4.93.